The molecular weight excluding hydrogens is 337 g/mol. The van der Waals surface area contributed by atoms with Crippen LogP contribution in [0.2, 0.25) is 10.0 Å². The summed E-state index contributed by atoms with van der Waals surface area (Å²) < 4.78 is 2.02. The summed E-state index contributed by atoms with van der Waals surface area (Å²) in [5, 5.41) is 10.6. The van der Waals surface area contributed by atoms with Gasteiger partial charge in [0.2, 0.25) is 0 Å². The number of aromatic nitrogens is 3. The van der Waals surface area contributed by atoms with Crippen LogP contribution in [0.5, 0.6) is 0 Å². The van der Waals surface area contributed by atoms with Crippen LogP contribution in [0.4, 0.5) is 0 Å². The molecule has 1 heterocycles. The Bertz CT molecular complexity index is 767. The molecule has 0 saturated heterocycles. The lowest BCUT2D eigenvalue weighted by atomic mass is 10.2. The highest BCUT2D eigenvalue weighted by Gasteiger charge is 2.13. The highest BCUT2D eigenvalue weighted by Crippen LogP contribution is 2.31. The molecule has 3 nitrogen and oxygen atoms in total. The van der Waals surface area contributed by atoms with E-state index in [9.17, 15) is 0 Å². The lowest BCUT2D eigenvalue weighted by molar-refractivity contribution is 0.868. The van der Waals surface area contributed by atoms with Crippen LogP contribution in [0.15, 0.2) is 53.7 Å². The van der Waals surface area contributed by atoms with Crippen LogP contribution < -0.4 is 0 Å². The lowest BCUT2D eigenvalue weighted by Crippen LogP contribution is -1.99. The normalized spacial score (nSPS) is 10.9. The Kier molecular flexibility index (Phi) is 4.71. The lowest BCUT2D eigenvalue weighted by Gasteiger charge is -2.09. The van der Waals surface area contributed by atoms with Crippen molar-refractivity contribution in [3.8, 4) is 5.69 Å². The predicted octanol–water partition coefficient (Wildman–Crippen LogP) is 5.17. The average Bonchev–Trinajstić information content (AvgIpc) is 2.88. The van der Waals surface area contributed by atoms with Gasteiger partial charge >= 0.3 is 0 Å². The van der Waals surface area contributed by atoms with Gasteiger partial charge < -0.3 is 0 Å². The van der Waals surface area contributed by atoms with E-state index in [4.69, 9.17) is 23.2 Å². The Balaban J connectivity index is 1.88. The molecule has 0 saturated carbocycles. The number of aryl methyl sites for hydroxylation is 1. The van der Waals surface area contributed by atoms with Crippen molar-refractivity contribution in [3.05, 3.63) is 70.0 Å². The molecule has 0 fully saturated rings. The Labute approximate surface area is 143 Å². The first-order valence-corrected chi connectivity index (χ1v) is 8.44. The summed E-state index contributed by atoms with van der Waals surface area (Å²) >= 11 is 14.0. The number of benzene rings is 2. The minimum Gasteiger partial charge on any atom is -0.274 e. The van der Waals surface area contributed by atoms with Gasteiger partial charge in [0.25, 0.3) is 0 Å². The maximum atomic E-state index is 6.22. The summed E-state index contributed by atoms with van der Waals surface area (Å²) in [6.45, 7) is 1.94. The summed E-state index contributed by atoms with van der Waals surface area (Å²) in [5.74, 6) is 1.49. The first-order chi connectivity index (χ1) is 10.7. The van der Waals surface area contributed by atoms with Crippen LogP contribution in [-0.4, -0.2) is 14.8 Å². The van der Waals surface area contributed by atoms with Crippen LogP contribution in [0, 0.1) is 6.92 Å². The van der Waals surface area contributed by atoms with Crippen molar-refractivity contribution >= 4 is 35.0 Å². The van der Waals surface area contributed by atoms with Crippen LogP contribution >= 0.6 is 35.0 Å². The first-order valence-electron chi connectivity index (χ1n) is 6.70. The standard InChI is InChI=1S/C16H13Cl2N3S/c1-11-19-20-16(21(11)12-6-3-2-4-7-12)22-10-13-14(17)8-5-9-15(13)18/h2-9H,10H2,1H3. The van der Waals surface area contributed by atoms with Gasteiger partial charge in [-0.15, -0.1) is 10.2 Å². The highest BCUT2D eigenvalue weighted by molar-refractivity contribution is 7.98. The van der Waals surface area contributed by atoms with Crippen molar-refractivity contribution in [2.24, 2.45) is 0 Å². The highest BCUT2D eigenvalue weighted by atomic mass is 35.5. The van der Waals surface area contributed by atoms with Crippen molar-refractivity contribution in [1.29, 1.82) is 0 Å². The largest absolute Gasteiger partial charge is 0.274 e. The van der Waals surface area contributed by atoms with E-state index in [2.05, 4.69) is 10.2 Å². The SMILES string of the molecule is Cc1nnc(SCc2c(Cl)cccc2Cl)n1-c1ccccc1. The van der Waals surface area contributed by atoms with Gasteiger partial charge in [0, 0.05) is 21.5 Å². The van der Waals surface area contributed by atoms with Crippen LogP contribution in [-0.2, 0) is 5.75 Å². The van der Waals surface area contributed by atoms with E-state index in [1.807, 2.05) is 60.0 Å². The fraction of sp³-hybridized carbons (Fsp3) is 0.125. The monoisotopic (exact) mass is 349 g/mol. The second kappa shape index (κ2) is 6.73. The van der Waals surface area contributed by atoms with Gasteiger partial charge in [-0.3, -0.25) is 4.57 Å². The molecule has 2 aromatic carbocycles. The van der Waals surface area contributed by atoms with Gasteiger partial charge in [0.15, 0.2) is 5.16 Å². The minimum atomic E-state index is 0.642. The summed E-state index contributed by atoms with van der Waals surface area (Å²) in [5.41, 5.74) is 1.95. The van der Waals surface area contributed by atoms with Gasteiger partial charge in [-0.1, -0.05) is 59.2 Å². The van der Waals surface area contributed by atoms with Gasteiger partial charge in [-0.05, 0) is 36.8 Å². The first kappa shape index (κ1) is 15.4. The Morgan fingerprint density at radius 2 is 1.64 bits per heavy atom. The Morgan fingerprint density at radius 1 is 0.955 bits per heavy atom. The zero-order chi connectivity index (χ0) is 15.5. The third-order valence-electron chi connectivity index (χ3n) is 3.22. The number of nitrogens with zero attached hydrogens (tertiary/aromatic N) is 3. The van der Waals surface area contributed by atoms with E-state index < -0.39 is 0 Å². The van der Waals surface area contributed by atoms with E-state index in [1.165, 1.54) is 0 Å². The Morgan fingerprint density at radius 3 is 2.32 bits per heavy atom. The molecule has 3 rings (SSSR count). The van der Waals surface area contributed by atoms with Crippen molar-refractivity contribution in [1.82, 2.24) is 14.8 Å². The topological polar surface area (TPSA) is 30.7 Å². The molecule has 112 valence electrons. The fourth-order valence-electron chi connectivity index (χ4n) is 2.12. The quantitative estimate of drug-likeness (QED) is 0.608. The molecule has 0 atom stereocenters. The van der Waals surface area contributed by atoms with Crippen molar-refractivity contribution in [3.63, 3.8) is 0 Å². The summed E-state index contributed by atoms with van der Waals surface area (Å²) in [6, 6.07) is 15.6. The van der Waals surface area contributed by atoms with Crippen LogP contribution in [0.3, 0.4) is 0 Å². The maximum Gasteiger partial charge on any atom is 0.196 e. The summed E-state index contributed by atoms with van der Waals surface area (Å²) in [4.78, 5) is 0. The van der Waals surface area contributed by atoms with Crippen LogP contribution in [0.1, 0.15) is 11.4 Å². The second-order valence-corrected chi connectivity index (χ2v) is 6.45. The van der Waals surface area contributed by atoms with Gasteiger partial charge in [0.05, 0.1) is 0 Å². The molecule has 6 heteroatoms. The molecule has 3 aromatic rings. The molecule has 0 unspecified atom stereocenters. The number of halogens is 2. The molecule has 0 aliphatic heterocycles. The van der Waals surface area contributed by atoms with Gasteiger partial charge in [-0.2, -0.15) is 0 Å². The number of hydrogen-bond acceptors (Lipinski definition) is 3. The molecule has 22 heavy (non-hydrogen) atoms. The molecule has 0 radical (unpaired) electrons. The van der Waals surface area contributed by atoms with E-state index in [-0.39, 0.29) is 0 Å². The number of para-hydroxylation sites is 1. The number of rotatable bonds is 4. The zero-order valence-corrected chi connectivity index (χ0v) is 14.2. The molecule has 0 N–H and O–H groups in total. The van der Waals surface area contributed by atoms with Crippen molar-refractivity contribution < 1.29 is 0 Å². The number of hydrogen-bond donors (Lipinski definition) is 0. The zero-order valence-electron chi connectivity index (χ0n) is 11.8. The smallest absolute Gasteiger partial charge is 0.196 e. The third-order valence-corrected chi connectivity index (χ3v) is 4.88. The summed E-state index contributed by atoms with van der Waals surface area (Å²) in [7, 11) is 0. The molecule has 0 spiro atoms. The minimum absolute atomic E-state index is 0.642. The van der Waals surface area contributed by atoms with Crippen LogP contribution in [0.25, 0.3) is 5.69 Å². The molecular formula is C16H13Cl2N3S. The number of thioether (sulfide) groups is 1. The maximum absolute atomic E-state index is 6.22. The summed E-state index contributed by atoms with van der Waals surface area (Å²) in [6.07, 6.45) is 0. The molecule has 0 bridgehead atoms. The second-order valence-electron chi connectivity index (χ2n) is 4.69. The van der Waals surface area contributed by atoms with Gasteiger partial charge in [0.1, 0.15) is 5.82 Å². The third kappa shape index (κ3) is 3.14. The van der Waals surface area contributed by atoms with E-state index in [0.29, 0.717) is 15.8 Å². The van der Waals surface area contributed by atoms with Crippen molar-refractivity contribution in [2.75, 3.05) is 0 Å². The molecule has 0 aliphatic rings. The molecule has 1 aromatic heterocycles. The van der Waals surface area contributed by atoms with Crippen molar-refractivity contribution in [2.45, 2.75) is 17.8 Å². The van der Waals surface area contributed by atoms with E-state index >= 15 is 0 Å². The Hall–Kier alpha value is -1.49. The molecule has 0 aliphatic carbocycles. The fourth-order valence-corrected chi connectivity index (χ4v) is 3.86. The van der Waals surface area contributed by atoms with Gasteiger partial charge in [-0.25, -0.2) is 0 Å². The molecule has 0 amide bonds. The van der Waals surface area contributed by atoms with E-state index in [0.717, 1.165) is 22.2 Å². The predicted molar refractivity (Wildman–Crippen MR) is 92.1 cm³/mol. The van der Waals surface area contributed by atoms with E-state index in [1.54, 1.807) is 11.8 Å². The average molecular weight is 350 g/mol.